The van der Waals surface area contributed by atoms with Crippen molar-refractivity contribution < 1.29 is 9.53 Å². The van der Waals surface area contributed by atoms with Crippen LogP contribution in [0.5, 0.6) is 0 Å². The molecule has 0 radical (unpaired) electrons. The minimum absolute atomic E-state index is 0.0878. The van der Waals surface area contributed by atoms with E-state index in [1.165, 1.54) is 7.11 Å². The highest BCUT2D eigenvalue weighted by molar-refractivity contribution is 6.32. The number of hydrogen-bond donors (Lipinski definition) is 1. The van der Waals surface area contributed by atoms with E-state index in [-0.39, 0.29) is 17.9 Å². The maximum atomic E-state index is 11.4. The number of rotatable bonds is 2. The molecule has 1 heterocycles. The second-order valence-corrected chi connectivity index (χ2v) is 4.86. The summed E-state index contributed by atoms with van der Waals surface area (Å²) in [6, 6.07) is 4.20. The summed E-state index contributed by atoms with van der Waals surface area (Å²) >= 11 is 6.33. The number of ether oxygens (including phenoxy) is 1. The Morgan fingerprint density at radius 1 is 1.53 bits per heavy atom. The van der Waals surface area contributed by atoms with E-state index in [0.29, 0.717) is 6.42 Å². The van der Waals surface area contributed by atoms with E-state index in [2.05, 4.69) is 12.2 Å². The van der Waals surface area contributed by atoms with Crippen LogP contribution in [0.2, 0.25) is 5.02 Å². The van der Waals surface area contributed by atoms with Gasteiger partial charge < -0.3 is 10.1 Å². The molecule has 1 aromatic rings. The zero-order chi connectivity index (χ0) is 12.6. The van der Waals surface area contributed by atoms with Crippen molar-refractivity contribution in [1.82, 2.24) is 0 Å². The molecule has 0 amide bonds. The van der Waals surface area contributed by atoms with E-state index in [1.807, 2.05) is 19.1 Å². The molecule has 92 valence electrons. The Labute approximate surface area is 106 Å². The minimum atomic E-state index is -0.200. The van der Waals surface area contributed by atoms with Gasteiger partial charge >= 0.3 is 5.97 Å². The molecule has 2 rings (SSSR count). The lowest BCUT2D eigenvalue weighted by Crippen LogP contribution is -2.19. The standard InChI is InChI=1S/C13H16ClNO2/c1-7-4-5-10-12(13(7)14)9(8(2)15-10)6-11(16)17-3/h4-5,8-9,15H,6H2,1-3H3. The fraction of sp³-hybridized carbons (Fsp3) is 0.462. The van der Waals surface area contributed by atoms with Crippen molar-refractivity contribution in [3.8, 4) is 0 Å². The Morgan fingerprint density at radius 2 is 2.24 bits per heavy atom. The molecule has 4 heteroatoms. The van der Waals surface area contributed by atoms with Gasteiger partial charge in [0.2, 0.25) is 0 Å². The molecule has 1 aliphatic rings. The van der Waals surface area contributed by atoms with Crippen LogP contribution in [-0.2, 0) is 9.53 Å². The molecule has 0 saturated heterocycles. The van der Waals surface area contributed by atoms with Gasteiger partial charge in [0.15, 0.2) is 0 Å². The zero-order valence-corrected chi connectivity index (χ0v) is 11.0. The van der Waals surface area contributed by atoms with Gasteiger partial charge in [-0.05, 0) is 31.0 Å². The molecular weight excluding hydrogens is 238 g/mol. The quantitative estimate of drug-likeness (QED) is 0.823. The number of aryl methyl sites for hydroxylation is 1. The summed E-state index contributed by atoms with van der Waals surface area (Å²) < 4.78 is 4.74. The Morgan fingerprint density at radius 3 is 2.88 bits per heavy atom. The van der Waals surface area contributed by atoms with E-state index in [4.69, 9.17) is 16.3 Å². The minimum Gasteiger partial charge on any atom is -0.469 e. The summed E-state index contributed by atoms with van der Waals surface area (Å²) in [6.07, 6.45) is 0.362. The number of methoxy groups -OCH3 is 1. The predicted molar refractivity (Wildman–Crippen MR) is 68.6 cm³/mol. The van der Waals surface area contributed by atoms with Gasteiger partial charge in [0.1, 0.15) is 0 Å². The Kier molecular flexibility index (Phi) is 3.29. The van der Waals surface area contributed by atoms with E-state index >= 15 is 0 Å². The Hall–Kier alpha value is -1.22. The summed E-state index contributed by atoms with van der Waals surface area (Å²) in [4.78, 5) is 11.4. The smallest absolute Gasteiger partial charge is 0.306 e. The van der Waals surface area contributed by atoms with Crippen LogP contribution in [0.3, 0.4) is 0 Å². The monoisotopic (exact) mass is 253 g/mol. The third kappa shape index (κ3) is 2.12. The van der Waals surface area contributed by atoms with Gasteiger partial charge in [0.05, 0.1) is 13.5 Å². The number of esters is 1. The molecule has 3 nitrogen and oxygen atoms in total. The molecule has 0 aromatic heterocycles. The number of carbonyl (C=O) groups excluding carboxylic acids is 1. The molecule has 0 spiro atoms. The highest BCUT2D eigenvalue weighted by Crippen LogP contribution is 2.43. The van der Waals surface area contributed by atoms with Gasteiger partial charge in [0.25, 0.3) is 0 Å². The highest BCUT2D eigenvalue weighted by atomic mass is 35.5. The van der Waals surface area contributed by atoms with Gasteiger partial charge in [-0.2, -0.15) is 0 Å². The van der Waals surface area contributed by atoms with E-state index < -0.39 is 0 Å². The summed E-state index contributed by atoms with van der Waals surface area (Å²) in [6.45, 7) is 4.03. The van der Waals surface area contributed by atoms with Gasteiger partial charge in [-0.1, -0.05) is 17.7 Å². The SMILES string of the molecule is COC(=O)CC1c2c(ccc(C)c2Cl)NC1C. The first kappa shape index (κ1) is 12.2. The maximum absolute atomic E-state index is 11.4. The molecule has 1 aromatic carbocycles. The molecule has 0 fully saturated rings. The van der Waals surface area contributed by atoms with Crippen LogP contribution in [0.15, 0.2) is 12.1 Å². The van der Waals surface area contributed by atoms with Crippen LogP contribution in [0.4, 0.5) is 5.69 Å². The highest BCUT2D eigenvalue weighted by Gasteiger charge is 2.33. The number of hydrogen-bond acceptors (Lipinski definition) is 3. The second-order valence-electron chi connectivity index (χ2n) is 4.48. The van der Waals surface area contributed by atoms with Crippen molar-refractivity contribution in [3.05, 3.63) is 28.3 Å². The normalized spacial score (nSPS) is 21.9. The van der Waals surface area contributed by atoms with Crippen LogP contribution in [-0.4, -0.2) is 19.1 Å². The average molecular weight is 254 g/mol. The molecule has 2 unspecified atom stereocenters. The first-order valence-electron chi connectivity index (χ1n) is 5.67. The number of anilines is 1. The predicted octanol–water partition coefficient (Wildman–Crippen LogP) is 3.11. The summed E-state index contributed by atoms with van der Waals surface area (Å²) in [5.74, 6) is -0.112. The lowest BCUT2D eigenvalue weighted by Gasteiger charge is -2.15. The number of fused-ring (bicyclic) bond motifs is 1. The van der Waals surface area contributed by atoms with Crippen molar-refractivity contribution >= 4 is 23.3 Å². The summed E-state index contributed by atoms with van der Waals surface area (Å²) in [7, 11) is 1.41. The van der Waals surface area contributed by atoms with Crippen LogP contribution in [0.1, 0.15) is 30.4 Å². The van der Waals surface area contributed by atoms with Gasteiger partial charge in [-0.15, -0.1) is 0 Å². The third-order valence-electron chi connectivity index (χ3n) is 3.34. The summed E-state index contributed by atoms with van der Waals surface area (Å²) in [5, 5.41) is 4.11. The van der Waals surface area contributed by atoms with Crippen LogP contribution >= 0.6 is 11.6 Å². The van der Waals surface area contributed by atoms with Crippen molar-refractivity contribution in [2.45, 2.75) is 32.2 Å². The topological polar surface area (TPSA) is 38.3 Å². The largest absolute Gasteiger partial charge is 0.469 e. The van der Waals surface area contributed by atoms with Gasteiger partial charge in [0, 0.05) is 22.7 Å². The zero-order valence-electron chi connectivity index (χ0n) is 10.2. The van der Waals surface area contributed by atoms with E-state index in [9.17, 15) is 4.79 Å². The average Bonchev–Trinajstić information content (AvgIpc) is 2.61. The van der Waals surface area contributed by atoms with Gasteiger partial charge in [-0.25, -0.2) is 0 Å². The molecule has 1 N–H and O–H groups in total. The number of benzene rings is 1. The van der Waals surface area contributed by atoms with Crippen molar-refractivity contribution in [2.75, 3.05) is 12.4 Å². The molecule has 1 aliphatic heterocycles. The molecule has 0 aliphatic carbocycles. The van der Waals surface area contributed by atoms with Gasteiger partial charge in [-0.3, -0.25) is 4.79 Å². The van der Waals surface area contributed by atoms with E-state index in [0.717, 1.165) is 21.8 Å². The fourth-order valence-corrected chi connectivity index (χ4v) is 2.63. The molecule has 2 atom stereocenters. The number of carbonyl (C=O) groups is 1. The lowest BCUT2D eigenvalue weighted by molar-refractivity contribution is -0.141. The molecular formula is C13H16ClNO2. The Bertz CT molecular complexity index is 459. The number of nitrogens with one attached hydrogen (secondary N) is 1. The first-order chi connectivity index (χ1) is 8.04. The number of halogens is 1. The second kappa shape index (κ2) is 4.57. The maximum Gasteiger partial charge on any atom is 0.306 e. The fourth-order valence-electron chi connectivity index (χ4n) is 2.33. The molecule has 0 saturated carbocycles. The lowest BCUT2D eigenvalue weighted by atomic mass is 9.91. The van der Waals surface area contributed by atoms with Crippen LogP contribution < -0.4 is 5.32 Å². The third-order valence-corrected chi connectivity index (χ3v) is 3.85. The Balaban J connectivity index is 2.38. The van der Waals surface area contributed by atoms with Crippen LogP contribution in [0, 0.1) is 6.92 Å². The van der Waals surface area contributed by atoms with Crippen molar-refractivity contribution in [2.24, 2.45) is 0 Å². The molecule has 17 heavy (non-hydrogen) atoms. The molecule has 0 bridgehead atoms. The van der Waals surface area contributed by atoms with E-state index in [1.54, 1.807) is 0 Å². The van der Waals surface area contributed by atoms with Crippen molar-refractivity contribution in [1.29, 1.82) is 0 Å². The summed E-state index contributed by atoms with van der Waals surface area (Å²) in [5.41, 5.74) is 3.11. The van der Waals surface area contributed by atoms with Crippen molar-refractivity contribution in [3.63, 3.8) is 0 Å². The van der Waals surface area contributed by atoms with Crippen LogP contribution in [0.25, 0.3) is 0 Å². The first-order valence-corrected chi connectivity index (χ1v) is 6.04.